The summed E-state index contributed by atoms with van der Waals surface area (Å²) in [7, 11) is 0. The SMILES string of the molecule is C=C(N)N/N=C/c1c(Cl)ccc(Cl)c1Cl. The Morgan fingerprint density at radius 3 is 2.53 bits per heavy atom. The Morgan fingerprint density at radius 2 is 1.93 bits per heavy atom. The minimum atomic E-state index is 0.223. The lowest BCUT2D eigenvalue weighted by Crippen LogP contribution is -2.12. The van der Waals surface area contributed by atoms with Crippen LogP contribution >= 0.6 is 34.8 Å². The number of rotatable bonds is 3. The van der Waals surface area contributed by atoms with Gasteiger partial charge in [0.25, 0.3) is 0 Å². The summed E-state index contributed by atoms with van der Waals surface area (Å²) < 4.78 is 0. The van der Waals surface area contributed by atoms with Crippen molar-refractivity contribution in [1.29, 1.82) is 0 Å². The van der Waals surface area contributed by atoms with Crippen molar-refractivity contribution in [1.82, 2.24) is 5.43 Å². The van der Waals surface area contributed by atoms with Crippen LogP contribution in [0.2, 0.25) is 15.1 Å². The second kappa shape index (κ2) is 5.26. The lowest BCUT2D eigenvalue weighted by Gasteiger charge is -2.03. The minimum Gasteiger partial charge on any atom is -0.385 e. The monoisotopic (exact) mass is 263 g/mol. The topological polar surface area (TPSA) is 50.4 Å². The molecule has 0 radical (unpaired) electrons. The Morgan fingerprint density at radius 1 is 1.33 bits per heavy atom. The predicted molar refractivity (Wildman–Crippen MR) is 65.5 cm³/mol. The molecule has 15 heavy (non-hydrogen) atoms. The Bertz CT molecular complexity index is 415. The molecular weight excluding hydrogens is 256 g/mol. The second-order valence-electron chi connectivity index (χ2n) is 2.65. The van der Waals surface area contributed by atoms with E-state index < -0.39 is 0 Å². The molecule has 0 heterocycles. The molecule has 0 saturated carbocycles. The number of benzene rings is 1. The maximum absolute atomic E-state index is 5.92. The van der Waals surface area contributed by atoms with Crippen molar-refractivity contribution in [3.05, 3.63) is 45.2 Å². The van der Waals surface area contributed by atoms with Crippen LogP contribution in [-0.4, -0.2) is 6.21 Å². The molecule has 1 aromatic carbocycles. The van der Waals surface area contributed by atoms with Gasteiger partial charge in [0.1, 0.15) is 5.82 Å². The molecule has 80 valence electrons. The van der Waals surface area contributed by atoms with Crippen molar-refractivity contribution in [2.24, 2.45) is 10.8 Å². The Labute approximate surface area is 103 Å². The number of hydrazone groups is 1. The van der Waals surface area contributed by atoms with Gasteiger partial charge in [0.15, 0.2) is 0 Å². The fraction of sp³-hybridized carbons (Fsp3) is 0. The Balaban J connectivity index is 2.98. The first-order chi connectivity index (χ1) is 7.02. The van der Waals surface area contributed by atoms with E-state index in [1.807, 2.05) is 0 Å². The highest BCUT2D eigenvalue weighted by Crippen LogP contribution is 2.29. The van der Waals surface area contributed by atoms with Gasteiger partial charge in [-0.05, 0) is 12.1 Å². The van der Waals surface area contributed by atoms with Gasteiger partial charge in [0.2, 0.25) is 0 Å². The van der Waals surface area contributed by atoms with E-state index in [1.54, 1.807) is 12.1 Å². The normalized spacial score (nSPS) is 10.6. The second-order valence-corrected chi connectivity index (χ2v) is 3.84. The van der Waals surface area contributed by atoms with Crippen molar-refractivity contribution in [3.63, 3.8) is 0 Å². The van der Waals surface area contributed by atoms with Crippen LogP contribution in [0.5, 0.6) is 0 Å². The average molecular weight is 265 g/mol. The lowest BCUT2D eigenvalue weighted by atomic mass is 10.2. The summed E-state index contributed by atoms with van der Waals surface area (Å²) in [6.45, 7) is 3.41. The molecule has 3 nitrogen and oxygen atoms in total. The number of hydrogen-bond acceptors (Lipinski definition) is 3. The first-order valence-electron chi connectivity index (χ1n) is 3.89. The van der Waals surface area contributed by atoms with E-state index in [-0.39, 0.29) is 5.82 Å². The standard InChI is InChI=1S/C9H8Cl3N3/c1-5(13)15-14-4-6-7(10)2-3-8(11)9(6)12/h2-4,15H,1,13H2/b14-4+. The third-order valence-corrected chi connectivity index (χ3v) is 2.63. The van der Waals surface area contributed by atoms with Crippen LogP contribution in [0.25, 0.3) is 0 Å². The highest BCUT2D eigenvalue weighted by molar-refractivity contribution is 6.45. The molecule has 6 heteroatoms. The number of nitrogens with zero attached hydrogens (tertiary/aromatic N) is 1. The summed E-state index contributed by atoms with van der Waals surface area (Å²) in [5, 5.41) is 4.99. The van der Waals surface area contributed by atoms with Crippen molar-refractivity contribution >= 4 is 41.0 Å². The predicted octanol–water partition coefficient (Wildman–Crippen LogP) is 3.00. The van der Waals surface area contributed by atoms with Crippen LogP contribution in [0.3, 0.4) is 0 Å². The van der Waals surface area contributed by atoms with Gasteiger partial charge < -0.3 is 5.73 Å². The molecule has 0 spiro atoms. The summed E-state index contributed by atoms with van der Waals surface area (Å²) >= 11 is 17.6. The van der Waals surface area contributed by atoms with Gasteiger partial charge >= 0.3 is 0 Å². The molecule has 1 rings (SSSR count). The van der Waals surface area contributed by atoms with E-state index in [0.717, 1.165) is 0 Å². The van der Waals surface area contributed by atoms with Gasteiger partial charge in [-0.3, -0.25) is 5.43 Å². The third kappa shape index (κ3) is 3.30. The Hall–Kier alpha value is -0.900. The zero-order valence-corrected chi connectivity index (χ0v) is 9.87. The molecular formula is C9H8Cl3N3. The molecule has 0 amide bonds. The maximum atomic E-state index is 5.92. The van der Waals surface area contributed by atoms with E-state index in [9.17, 15) is 0 Å². The molecule has 0 saturated heterocycles. The van der Waals surface area contributed by atoms with Crippen LogP contribution in [0.15, 0.2) is 29.6 Å². The van der Waals surface area contributed by atoms with E-state index in [2.05, 4.69) is 17.1 Å². The van der Waals surface area contributed by atoms with Gasteiger partial charge in [0, 0.05) is 5.56 Å². The van der Waals surface area contributed by atoms with E-state index >= 15 is 0 Å². The van der Waals surface area contributed by atoms with Gasteiger partial charge in [-0.25, -0.2) is 0 Å². The number of halogens is 3. The van der Waals surface area contributed by atoms with Gasteiger partial charge in [0.05, 0.1) is 21.3 Å². The molecule has 0 unspecified atom stereocenters. The van der Waals surface area contributed by atoms with Crippen LogP contribution in [-0.2, 0) is 0 Å². The van der Waals surface area contributed by atoms with E-state index in [4.69, 9.17) is 40.5 Å². The fourth-order valence-electron chi connectivity index (χ4n) is 0.841. The van der Waals surface area contributed by atoms with Crippen molar-refractivity contribution in [2.45, 2.75) is 0 Å². The summed E-state index contributed by atoms with van der Waals surface area (Å²) in [6.07, 6.45) is 1.43. The van der Waals surface area contributed by atoms with Gasteiger partial charge in [-0.15, -0.1) is 0 Å². The largest absolute Gasteiger partial charge is 0.385 e. The molecule has 0 aromatic heterocycles. The maximum Gasteiger partial charge on any atom is 0.109 e. The van der Waals surface area contributed by atoms with Gasteiger partial charge in [-0.2, -0.15) is 5.10 Å². The first kappa shape index (κ1) is 12.2. The molecule has 0 aliphatic rings. The van der Waals surface area contributed by atoms with Crippen LogP contribution in [0, 0.1) is 0 Å². The highest BCUT2D eigenvalue weighted by atomic mass is 35.5. The summed E-state index contributed by atoms with van der Waals surface area (Å²) in [5.41, 5.74) is 8.24. The quantitative estimate of drug-likeness (QED) is 0.501. The highest BCUT2D eigenvalue weighted by Gasteiger charge is 2.06. The Kier molecular flexibility index (Phi) is 4.27. The number of nitrogens with one attached hydrogen (secondary N) is 1. The van der Waals surface area contributed by atoms with Crippen molar-refractivity contribution in [2.75, 3.05) is 0 Å². The fourth-order valence-corrected chi connectivity index (χ4v) is 1.47. The number of nitrogens with two attached hydrogens (primary N) is 1. The molecule has 0 atom stereocenters. The average Bonchev–Trinajstić information content (AvgIpc) is 2.17. The molecule has 3 N–H and O–H groups in total. The van der Waals surface area contributed by atoms with Crippen LogP contribution in [0.1, 0.15) is 5.56 Å². The van der Waals surface area contributed by atoms with E-state index in [1.165, 1.54) is 6.21 Å². The van der Waals surface area contributed by atoms with Crippen LogP contribution in [0.4, 0.5) is 0 Å². The summed E-state index contributed by atoms with van der Waals surface area (Å²) in [5.74, 6) is 0.223. The van der Waals surface area contributed by atoms with E-state index in [0.29, 0.717) is 20.6 Å². The smallest absolute Gasteiger partial charge is 0.109 e. The molecule has 1 aromatic rings. The van der Waals surface area contributed by atoms with Crippen molar-refractivity contribution in [3.8, 4) is 0 Å². The molecule has 0 aliphatic carbocycles. The van der Waals surface area contributed by atoms with Crippen molar-refractivity contribution < 1.29 is 0 Å². The summed E-state index contributed by atoms with van der Waals surface area (Å²) in [6, 6.07) is 3.24. The zero-order valence-electron chi connectivity index (χ0n) is 7.60. The van der Waals surface area contributed by atoms with Crippen LogP contribution < -0.4 is 11.2 Å². The third-order valence-electron chi connectivity index (χ3n) is 1.48. The molecule has 0 aliphatic heterocycles. The number of hydrogen-bond donors (Lipinski definition) is 2. The molecule has 0 bridgehead atoms. The van der Waals surface area contributed by atoms with Gasteiger partial charge in [-0.1, -0.05) is 41.4 Å². The molecule has 0 fully saturated rings. The zero-order chi connectivity index (χ0) is 11.4. The minimum absolute atomic E-state index is 0.223. The first-order valence-corrected chi connectivity index (χ1v) is 5.02. The summed E-state index contributed by atoms with van der Waals surface area (Å²) in [4.78, 5) is 0. The lowest BCUT2D eigenvalue weighted by molar-refractivity contribution is 0.882.